The topological polar surface area (TPSA) is 102 Å². The number of halogens is 1. The summed E-state index contributed by atoms with van der Waals surface area (Å²) in [4.78, 5) is 23.4. The molecule has 0 unspecified atom stereocenters. The molecule has 0 bridgehead atoms. The number of amides is 1. The first-order valence-electron chi connectivity index (χ1n) is 7.53. The van der Waals surface area contributed by atoms with Crippen LogP contribution in [0.3, 0.4) is 0 Å². The van der Waals surface area contributed by atoms with Crippen LogP contribution in [0.15, 0.2) is 39.9 Å². The first kappa shape index (κ1) is 20.4. The molecule has 0 fully saturated rings. The highest BCUT2D eigenvalue weighted by Crippen LogP contribution is 2.19. The van der Waals surface area contributed by atoms with E-state index < -0.39 is 28.5 Å². The van der Waals surface area contributed by atoms with Crippen molar-refractivity contribution in [3.05, 3.63) is 46.3 Å². The molecule has 0 aliphatic rings. The van der Waals surface area contributed by atoms with E-state index >= 15 is 0 Å². The molecule has 0 saturated heterocycles. The van der Waals surface area contributed by atoms with Crippen LogP contribution >= 0.6 is 22.9 Å². The lowest BCUT2D eigenvalue weighted by Gasteiger charge is -2.09. The predicted octanol–water partition coefficient (Wildman–Crippen LogP) is 2.56. The minimum atomic E-state index is -3.62. The molecule has 2 rings (SSSR count). The number of benzene rings is 1. The number of anilines is 1. The Morgan fingerprint density at radius 1 is 1.27 bits per heavy atom. The van der Waals surface area contributed by atoms with E-state index in [1.54, 1.807) is 36.6 Å². The van der Waals surface area contributed by atoms with Gasteiger partial charge in [0.2, 0.25) is 10.0 Å². The van der Waals surface area contributed by atoms with Crippen molar-refractivity contribution >= 4 is 50.5 Å². The van der Waals surface area contributed by atoms with Gasteiger partial charge in [-0.05, 0) is 42.1 Å². The van der Waals surface area contributed by atoms with Crippen molar-refractivity contribution in [3.8, 4) is 0 Å². The number of aryl methyl sites for hydroxylation is 1. The molecule has 0 saturated carbocycles. The average molecular weight is 417 g/mol. The zero-order valence-electron chi connectivity index (χ0n) is 13.8. The second-order valence-electron chi connectivity index (χ2n) is 5.25. The largest absolute Gasteiger partial charge is 0.456 e. The molecule has 0 radical (unpaired) electrons. The minimum absolute atomic E-state index is 0.114. The first-order valence-corrected chi connectivity index (χ1v) is 10.3. The van der Waals surface area contributed by atoms with E-state index in [0.717, 1.165) is 16.9 Å². The normalized spacial score (nSPS) is 11.2. The summed E-state index contributed by atoms with van der Waals surface area (Å²) in [5.41, 5.74) is 1.35. The molecule has 1 amide bonds. The lowest BCUT2D eigenvalue weighted by atomic mass is 10.2. The van der Waals surface area contributed by atoms with Gasteiger partial charge in [-0.25, -0.2) is 13.1 Å². The highest BCUT2D eigenvalue weighted by atomic mass is 35.5. The molecule has 0 aliphatic carbocycles. The van der Waals surface area contributed by atoms with E-state index in [0.29, 0.717) is 10.7 Å². The van der Waals surface area contributed by atoms with E-state index in [2.05, 4.69) is 10.0 Å². The molecule has 1 aromatic carbocycles. The maximum Gasteiger partial charge on any atom is 0.307 e. The molecule has 0 atom stereocenters. The number of thiophene rings is 1. The Morgan fingerprint density at radius 2 is 2.04 bits per heavy atom. The summed E-state index contributed by atoms with van der Waals surface area (Å²) >= 11 is 6.92. The third-order valence-electron chi connectivity index (χ3n) is 3.21. The summed E-state index contributed by atoms with van der Waals surface area (Å²) < 4.78 is 31.1. The van der Waals surface area contributed by atoms with Gasteiger partial charge in [-0.2, -0.15) is 0 Å². The lowest BCUT2D eigenvalue weighted by Crippen LogP contribution is -2.27. The Hall–Kier alpha value is -1.94. The van der Waals surface area contributed by atoms with Crippen LogP contribution < -0.4 is 10.0 Å². The van der Waals surface area contributed by atoms with Gasteiger partial charge in [0, 0.05) is 17.3 Å². The van der Waals surface area contributed by atoms with Crippen molar-refractivity contribution in [2.24, 2.45) is 0 Å². The van der Waals surface area contributed by atoms with Crippen LogP contribution in [-0.4, -0.2) is 33.4 Å². The first-order chi connectivity index (χ1) is 12.3. The fourth-order valence-electron chi connectivity index (χ4n) is 1.95. The number of rotatable bonds is 8. The molecule has 0 aliphatic heterocycles. The van der Waals surface area contributed by atoms with Gasteiger partial charge in [0.1, 0.15) is 4.21 Å². The predicted molar refractivity (Wildman–Crippen MR) is 99.9 cm³/mol. The number of hydrogen-bond acceptors (Lipinski definition) is 6. The smallest absolute Gasteiger partial charge is 0.307 e. The number of sulfonamides is 1. The van der Waals surface area contributed by atoms with Crippen LogP contribution in [0.25, 0.3) is 0 Å². The van der Waals surface area contributed by atoms with E-state index in [1.165, 1.54) is 6.07 Å². The molecular weight excluding hydrogens is 400 g/mol. The molecule has 2 aromatic rings. The molecule has 1 heterocycles. The summed E-state index contributed by atoms with van der Waals surface area (Å²) in [6.45, 7) is 1.21. The van der Waals surface area contributed by atoms with Crippen molar-refractivity contribution in [1.82, 2.24) is 4.72 Å². The van der Waals surface area contributed by atoms with Gasteiger partial charge in [0.05, 0.1) is 6.42 Å². The summed E-state index contributed by atoms with van der Waals surface area (Å²) in [5.74, 6) is -1.18. The summed E-state index contributed by atoms with van der Waals surface area (Å²) in [7, 11) is -3.62. The summed E-state index contributed by atoms with van der Waals surface area (Å²) in [6, 6.07) is 8.07. The van der Waals surface area contributed by atoms with Crippen LogP contribution in [0, 0.1) is 6.92 Å². The van der Waals surface area contributed by atoms with Gasteiger partial charge in [-0.15, -0.1) is 11.3 Å². The maximum absolute atomic E-state index is 11.9. The fraction of sp³-hybridized carbons (Fsp3) is 0.250. The van der Waals surface area contributed by atoms with Crippen molar-refractivity contribution in [1.29, 1.82) is 0 Å². The van der Waals surface area contributed by atoms with Crippen molar-refractivity contribution in [3.63, 3.8) is 0 Å². The van der Waals surface area contributed by atoms with Gasteiger partial charge >= 0.3 is 5.97 Å². The van der Waals surface area contributed by atoms with Crippen LogP contribution in [0.1, 0.15) is 12.0 Å². The maximum atomic E-state index is 11.9. The van der Waals surface area contributed by atoms with E-state index in [9.17, 15) is 18.0 Å². The van der Waals surface area contributed by atoms with Crippen LogP contribution in [0.2, 0.25) is 5.02 Å². The van der Waals surface area contributed by atoms with Crippen molar-refractivity contribution in [2.75, 3.05) is 18.5 Å². The third-order valence-corrected chi connectivity index (χ3v) is 6.30. The number of ether oxygens (including phenoxy) is 1. The highest BCUT2D eigenvalue weighted by molar-refractivity contribution is 7.91. The second kappa shape index (κ2) is 9.13. The molecule has 26 heavy (non-hydrogen) atoms. The Kier molecular flexibility index (Phi) is 7.15. The Balaban J connectivity index is 1.72. The van der Waals surface area contributed by atoms with Crippen molar-refractivity contribution < 1.29 is 22.7 Å². The van der Waals surface area contributed by atoms with E-state index in [1.807, 2.05) is 0 Å². The number of nitrogens with one attached hydrogen (secondary N) is 2. The SMILES string of the molecule is Cc1cc(Cl)ccc1NC(=O)COC(=O)CCNS(=O)(=O)c1cccs1. The number of carbonyl (C=O) groups excluding carboxylic acids is 2. The molecule has 0 spiro atoms. The molecule has 10 heteroatoms. The minimum Gasteiger partial charge on any atom is -0.456 e. The van der Waals surface area contributed by atoms with Gasteiger partial charge < -0.3 is 10.1 Å². The fourth-order valence-corrected chi connectivity index (χ4v) is 4.24. The van der Waals surface area contributed by atoms with Crippen molar-refractivity contribution in [2.45, 2.75) is 17.6 Å². The van der Waals surface area contributed by atoms with Gasteiger partial charge in [-0.1, -0.05) is 17.7 Å². The van der Waals surface area contributed by atoms with Crippen LogP contribution in [0.4, 0.5) is 5.69 Å². The molecule has 2 N–H and O–H groups in total. The van der Waals surface area contributed by atoms with Gasteiger partial charge in [0.25, 0.3) is 5.91 Å². The number of carbonyl (C=O) groups is 2. The van der Waals surface area contributed by atoms with E-state index in [4.69, 9.17) is 16.3 Å². The summed E-state index contributed by atoms with van der Waals surface area (Å²) in [6.07, 6.45) is -0.183. The number of hydrogen-bond donors (Lipinski definition) is 2. The molecule has 1 aromatic heterocycles. The lowest BCUT2D eigenvalue weighted by molar-refractivity contribution is -0.147. The average Bonchev–Trinajstić information content (AvgIpc) is 3.11. The van der Waals surface area contributed by atoms with Crippen LogP contribution in [0.5, 0.6) is 0 Å². The second-order valence-corrected chi connectivity index (χ2v) is 8.63. The summed E-state index contributed by atoms with van der Waals surface area (Å²) in [5, 5.41) is 4.80. The number of esters is 1. The molecular formula is C16H17ClN2O5S2. The zero-order chi connectivity index (χ0) is 19.2. The zero-order valence-corrected chi connectivity index (χ0v) is 16.2. The Labute approximate surface area is 160 Å². The highest BCUT2D eigenvalue weighted by Gasteiger charge is 2.15. The third kappa shape index (κ3) is 6.10. The Morgan fingerprint density at radius 3 is 2.69 bits per heavy atom. The standard InChI is InChI=1S/C16H17ClN2O5S2/c1-11-9-12(17)4-5-13(11)19-14(20)10-24-15(21)6-7-18-26(22,23)16-3-2-8-25-16/h2-5,8-9,18H,6-7,10H2,1H3,(H,19,20). The monoisotopic (exact) mass is 416 g/mol. The quantitative estimate of drug-likeness (QED) is 0.644. The van der Waals surface area contributed by atoms with Gasteiger partial charge in [-0.3, -0.25) is 9.59 Å². The molecule has 7 nitrogen and oxygen atoms in total. The Bertz CT molecular complexity index is 882. The van der Waals surface area contributed by atoms with Crippen LogP contribution in [-0.2, 0) is 24.3 Å². The van der Waals surface area contributed by atoms with E-state index in [-0.39, 0.29) is 17.2 Å². The van der Waals surface area contributed by atoms with Gasteiger partial charge in [0.15, 0.2) is 6.61 Å². The molecule has 140 valence electrons.